The monoisotopic (exact) mass is 469 g/mol. The van der Waals surface area contributed by atoms with Crippen LogP contribution in [-0.4, -0.2) is 46.3 Å². The first-order valence-corrected chi connectivity index (χ1v) is 12.3. The van der Waals surface area contributed by atoms with E-state index < -0.39 is 22.9 Å². The number of hydrogen-bond donors (Lipinski definition) is 3. The van der Waals surface area contributed by atoms with E-state index in [9.17, 15) is 15.0 Å². The van der Waals surface area contributed by atoms with Crippen molar-refractivity contribution in [3.05, 3.63) is 47.6 Å². The molecule has 186 valence electrons. The molecule has 1 fully saturated rings. The lowest BCUT2D eigenvalue weighted by molar-refractivity contribution is -0.163. The number of allylic oxidation sites excluding steroid dienone is 2. The van der Waals surface area contributed by atoms with E-state index in [1.165, 1.54) is 5.57 Å². The van der Waals surface area contributed by atoms with Gasteiger partial charge in [0.25, 0.3) is 0 Å². The molecule has 2 atom stereocenters. The van der Waals surface area contributed by atoms with Crippen molar-refractivity contribution in [3.8, 4) is 0 Å². The van der Waals surface area contributed by atoms with Gasteiger partial charge in [0, 0.05) is 5.56 Å². The van der Waals surface area contributed by atoms with E-state index in [0.717, 1.165) is 36.1 Å². The normalized spacial score (nSPS) is 30.1. The molecule has 1 aliphatic carbocycles. The summed E-state index contributed by atoms with van der Waals surface area (Å²) in [6.45, 7) is 9.88. The molecule has 4 rings (SSSR count). The van der Waals surface area contributed by atoms with Crippen LogP contribution in [0.2, 0.25) is 0 Å². The Morgan fingerprint density at radius 3 is 2.32 bits per heavy atom. The number of carbonyl (C=O) groups excluding carboxylic acids is 1. The average Bonchev–Trinajstić information content (AvgIpc) is 3.04. The molecule has 6 heteroatoms. The minimum absolute atomic E-state index is 0.109. The topological polar surface area (TPSA) is 88.0 Å². The summed E-state index contributed by atoms with van der Waals surface area (Å²) in [5, 5.41) is 23.1. The fourth-order valence-corrected chi connectivity index (χ4v) is 5.36. The van der Waals surface area contributed by atoms with Crippen LogP contribution in [0.1, 0.15) is 83.8 Å². The fourth-order valence-electron chi connectivity index (χ4n) is 5.36. The molecule has 0 aromatic heterocycles. The first kappa shape index (κ1) is 25.0. The molecule has 3 N–H and O–H groups in total. The highest BCUT2D eigenvalue weighted by Crippen LogP contribution is 2.50. The third-order valence-corrected chi connectivity index (χ3v) is 7.29. The van der Waals surface area contributed by atoms with Crippen molar-refractivity contribution >= 4 is 17.4 Å². The summed E-state index contributed by atoms with van der Waals surface area (Å²) in [6.07, 6.45) is 9.95. The van der Waals surface area contributed by atoms with Gasteiger partial charge in [0.15, 0.2) is 0 Å². The highest BCUT2D eigenvalue weighted by Gasteiger charge is 2.51. The maximum Gasteiger partial charge on any atom is 0.412 e. The molecule has 1 aromatic rings. The highest BCUT2D eigenvalue weighted by atomic mass is 16.6. The molecule has 2 unspecified atom stereocenters. The number of aliphatic hydroxyl groups is 2. The minimum Gasteiger partial charge on any atom is -0.444 e. The molecule has 0 spiro atoms. The third-order valence-electron chi connectivity index (χ3n) is 7.29. The molecule has 1 saturated heterocycles. The summed E-state index contributed by atoms with van der Waals surface area (Å²) in [7, 11) is 0. The van der Waals surface area contributed by atoms with E-state index in [4.69, 9.17) is 9.47 Å². The van der Waals surface area contributed by atoms with Gasteiger partial charge in [-0.2, -0.15) is 0 Å². The fraction of sp³-hybridized carbons (Fsp3) is 0.607. The molecule has 0 radical (unpaired) electrons. The van der Waals surface area contributed by atoms with Crippen LogP contribution in [0.4, 0.5) is 10.5 Å². The number of nitrogens with one attached hydrogen (secondary N) is 1. The van der Waals surface area contributed by atoms with Crippen molar-refractivity contribution in [1.29, 1.82) is 0 Å². The second-order valence-corrected chi connectivity index (χ2v) is 12.0. The molecule has 6 nitrogen and oxygen atoms in total. The number of hydrogen-bond acceptors (Lipinski definition) is 5. The summed E-state index contributed by atoms with van der Waals surface area (Å²) in [5.41, 5.74) is 2.29. The van der Waals surface area contributed by atoms with Gasteiger partial charge in [0.1, 0.15) is 16.8 Å². The van der Waals surface area contributed by atoms with Crippen LogP contribution in [0.5, 0.6) is 0 Å². The Balaban J connectivity index is 1.68. The Labute approximate surface area is 203 Å². The van der Waals surface area contributed by atoms with E-state index in [-0.39, 0.29) is 24.5 Å². The zero-order valence-corrected chi connectivity index (χ0v) is 21.1. The lowest BCUT2D eigenvalue weighted by Gasteiger charge is -2.43. The highest BCUT2D eigenvalue weighted by molar-refractivity contribution is 5.90. The molecule has 1 amide bonds. The van der Waals surface area contributed by atoms with Gasteiger partial charge in [-0.25, -0.2) is 4.79 Å². The predicted octanol–water partition coefficient (Wildman–Crippen LogP) is 5.55. The number of benzene rings is 1. The Morgan fingerprint density at radius 2 is 1.79 bits per heavy atom. The van der Waals surface area contributed by atoms with E-state index in [2.05, 4.69) is 31.3 Å². The lowest BCUT2D eigenvalue weighted by Crippen LogP contribution is -2.48. The summed E-state index contributed by atoms with van der Waals surface area (Å²) in [4.78, 5) is 12.6. The molecule has 34 heavy (non-hydrogen) atoms. The Kier molecular flexibility index (Phi) is 6.47. The number of amides is 1. The zero-order chi connectivity index (χ0) is 24.8. The maximum absolute atomic E-state index is 12.6. The number of ether oxygens (including phenoxy) is 2. The molecule has 1 aromatic carbocycles. The van der Waals surface area contributed by atoms with Crippen molar-refractivity contribution < 1.29 is 24.5 Å². The van der Waals surface area contributed by atoms with Crippen molar-refractivity contribution in [2.75, 3.05) is 18.5 Å². The van der Waals surface area contributed by atoms with Gasteiger partial charge in [-0.1, -0.05) is 38.1 Å². The number of carbonyl (C=O) groups is 1. The van der Waals surface area contributed by atoms with Crippen molar-refractivity contribution in [3.63, 3.8) is 0 Å². The van der Waals surface area contributed by atoms with Crippen molar-refractivity contribution in [2.24, 2.45) is 5.41 Å². The number of rotatable bonds is 5. The van der Waals surface area contributed by atoms with Crippen LogP contribution < -0.4 is 5.32 Å². The van der Waals surface area contributed by atoms with Crippen LogP contribution >= 0.6 is 0 Å². The second kappa shape index (κ2) is 8.81. The number of anilines is 1. The third kappa shape index (κ3) is 5.24. The lowest BCUT2D eigenvalue weighted by atomic mass is 9.75. The predicted molar refractivity (Wildman–Crippen MR) is 134 cm³/mol. The van der Waals surface area contributed by atoms with Gasteiger partial charge in [-0.05, 0) is 87.5 Å². The molecular formula is C28H39NO5. The summed E-state index contributed by atoms with van der Waals surface area (Å²) in [6, 6.07) is 6.16. The van der Waals surface area contributed by atoms with E-state index >= 15 is 0 Å². The van der Waals surface area contributed by atoms with Crippen molar-refractivity contribution in [2.45, 2.75) is 89.4 Å². The molecule has 3 aliphatic rings. The van der Waals surface area contributed by atoms with Gasteiger partial charge >= 0.3 is 6.09 Å². The number of fused-ring (bicyclic) bond motifs is 2. The SMILES string of the molecule is CC1(C)CC=C(c2cc(C3CC4(CO)C=CC(CO)(C3)O4)ccc2NC(=O)OC(C)(C)C)CC1. The van der Waals surface area contributed by atoms with Gasteiger partial charge in [0.05, 0.1) is 18.9 Å². The molecule has 0 saturated carbocycles. The summed E-state index contributed by atoms with van der Waals surface area (Å²) < 4.78 is 11.6. The zero-order valence-electron chi connectivity index (χ0n) is 21.1. The summed E-state index contributed by atoms with van der Waals surface area (Å²) in [5.74, 6) is 0.109. The first-order chi connectivity index (χ1) is 15.9. The summed E-state index contributed by atoms with van der Waals surface area (Å²) >= 11 is 0. The van der Waals surface area contributed by atoms with Crippen LogP contribution in [0.15, 0.2) is 36.4 Å². The van der Waals surface area contributed by atoms with Gasteiger partial charge in [-0.3, -0.25) is 5.32 Å². The molecule has 2 bridgehead atoms. The van der Waals surface area contributed by atoms with Gasteiger partial charge in [-0.15, -0.1) is 0 Å². The standard InChI is InChI=1S/C28H39NO5/c1-25(2,3)33-24(32)29-23-7-6-20(14-22(23)19-8-10-26(4,5)11-9-19)21-15-27(17-30)12-13-28(16-21,18-31)34-27/h6-8,12-14,21,30-31H,9-11,15-18H2,1-5H3,(H,29,32). The first-order valence-electron chi connectivity index (χ1n) is 12.3. The smallest absolute Gasteiger partial charge is 0.412 e. The van der Waals surface area contributed by atoms with Gasteiger partial charge < -0.3 is 19.7 Å². The van der Waals surface area contributed by atoms with E-state index in [0.29, 0.717) is 12.8 Å². The van der Waals surface area contributed by atoms with Crippen molar-refractivity contribution in [1.82, 2.24) is 0 Å². The molecule has 2 aliphatic heterocycles. The maximum atomic E-state index is 12.6. The Bertz CT molecular complexity index is 983. The largest absolute Gasteiger partial charge is 0.444 e. The minimum atomic E-state index is -0.757. The van der Waals surface area contributed by atoms with Crippen LogP contribution in [-0.2, 0) is 9.47 Å². The number of aliphatic hydroxyl groups excluding tert-OH is 2. The molecular weight excluding hydrogens is 430 g/mol. The quantitative estimate of drug-likeness (QED) is 0.492. The molecule has 2 heterocycles. The Hall–Kier alpha value is -2.15. The van der Waals surface area contributed by atoms with E-state index in [1.54, 1.807) is 0 Å². The van der Waals surface area contributed by atoms with E-state index in [1.807, 2.05) is 45.1 Å². The van der Waals surface area contributed by atoms with Crippen LogP contribution in [0.25, 0.3) is 5.57 Å². The second-order valence-electron chi connectivity index (χ2n) is 12.0. The van der Waals surface area contributed by atoms with Gasteiger partial charge in [0.2, 0.25) is 0 Å². The van der Waals surface area contributed by atoms with Crippen LogP contribution in [0.3, 0.4) is 0 Å². The van der Waals surface area contributed by atoms with Crippen LogP contribution in [0, 0.1) is 5.41 Å². The average molecular weight is 470 g/mol. The Morgan fingerprint density at radius 1 is 1.15 bits per heavy atom.